The van der Waals surface area contributed by atoms with Crippen molar-refractivity contribution in [2.75, 3.05) is 24.3 Å². The van der Waals surface area contributed by atoms with Crippen molar-refractivity contribution in [2.45, 2.75) is 12.5 Å². The van der Waals surface area contributed by atoms with Gasteiger partial charge in [0.2, 0.25) is 11.0 Å². The van der Waals surface area contributed by atoms with E-state index in [-0.39, 0.29) is 11.8 Å². The van der Waals surface area contributed by atoms with Gasteiger partial charge in [-0.2, -0.15) is 0 Å². The first kappa shape index (κ1) is 23.1. The van der Waals surface area contributed by atoms with Gasteiger partial charge in [0.1, 0.15) is 11.0 Å². The van der Waals surface area contributed by atoms with Crippen molar-refractivity contribution >= 4 is 34.0 Å². The molecule has 1 unspecified atom stereocenters. The van der Waals surface area contributed by atoms with E-state index in [0.29, 0.717) is 22.1 Å². The smallest absolute Gasteiger partial charge is 0.251 e. The number of aromatic nitrogens is 2. The summed E-state index contributed by atoms with van der Waals surface area (Å²) in [4.78, 5) is 27.9. The Hall–Kier alpha value is -4.04. The summed E-state index contributed by atoms with van der Waals surface area (Å²) in [6, 6.07) is 25.6. The molecular formula is C26H25N5O2S. The summed E-state index contributed by atoms with van der Waals surface area (Å²) < 4.78 is 0. The van der Waals surface area contributed by atoms with E-state index in [1.54, 1.807) is 24.3 Å². The minimum absolute atomic E-state index is 0.310. The Labute approximate surface area is 202 Å². The maximum Gasteiger partial charge on any atom is 0.251 e. The molecule has 0 aliphatic rings. The molecule has 7 nitrogen and oxygen atoms in total. The van der Waals surface area contributed by atoms with Crippen LogP contribution >= 0.6 is 11.3 Å². The lowest BCUT2D eigenvalue weighted by atomic mass is 10.0. The first-order chi connectivity index (χ1) is 16.5. The number of hydrogen-bond acceptors (Lipinski definition) is 6. The van der Waals surface area contributed by atoms with Crippen LogP contribution < -0.4 is 15.5 Å². The molecule has 4 aromatic rings. The van der Waals surface area contributed by atoms with Gasteiger partial charge in [-0.25, -0.2) is 0 Å². The standard InChI is InChI=1S/C26H25N5O2S/c1-31(2)21-15-13-20(14-16-21)25-29-30-26(34-25)28-24(33)22(17-18-9-5-3-6-10-18)27-23(32)19-11-7-4-8-12-19/h3-16,22H,17H2,1-2H3,(H,27,32)(H,28,30,33). The number of nitrogens with zero attached hydrogens (tertiary/aromatic N) is 3. The summed E-state index contributed by atoms with van der Waals surface area (Å²) in [6.45, 7) is 0. The Morgan fingerprint density at radius 2 is 1.53 bits per heavy atom. The van der Waals surface area contributed by atoms with Crippen LogP contribution in [0, 0.1) is 0 Å². The number of hydrogen-bond donors (Lipinski definition) is 2. The molecule has 0 saturated carbocycles. The van der Waals surface area contributed by atoms with Gasteiger partial charge < -0.3 is 10.2 Å². The second kappa shape index (κ2) is 10.7. The maximum atomic E-state index is 13.2. The monoisotopic (exact) mass is 471 g/mol. The number of nitrogens with one attached hydrogen (secondary N) is 2. The molecule has 0 fully saturated rings. The summed E-state index contributed by atoms with van der Waals surface area (Å²) in [7, 11) is 3.96. The topological polar surface area (TPSA) is 87.2 Å². The van der Waals surface area contributed by atoms with Crippen LogP contribution in [0.4, 0.5) is 10.8 Å². The maximum absolute atomic E-state index is 13.2. The molecule has 0 spiro atoms. The molecule has 0 aliphatic heterocycles. The molecule has 1 atom stereocenters. The van der Waals surface area contributed by atoms with E-state index in [4.69, 9.17) is 0 Å². The van der Waals surface area contributed by atoms with E-state index < -0.39 is 6.04 Å². The van der Waals surface area contributed by atoms with Crippen LogP contribution in [-0.4, -0.2) is 42.1 Å². The van der Waals surface area contributed by atoms with Crippen molar-refractivity contribution in [3.05, 3.63) is 96.1 Å². The van der Waals surface area contributed by atoms with Crippen molar-refractivity contribution < 1.29 is 9.59 Å². The van der Waals surface area contributed by atoms with E-state index in [9.17, 15) is 9.59 Å². The summed E-state index contributed by atoms with van der Waals surface area (Å²) in [5, 5.41) is 15.1. The number of anilines is 2. The van der Waals surface area contributed by atoms with Crippen LogP contribution in [0.2, 0.25) is 0 Å². The Morgan fingerprint density at radius 1 is 0.882 bits per heavy atom. The SMILES string of the molecule is CN(C)c1ccc(-c2nnc(NC(=O)C(Cc3ccccc3)NC(=O)c3ccccc3)s2)cc1. The molecule has 1 heterocycles. The lowest BCUT2D eigenvalue weighted by molar-refractivity contribution is -0.118. The number of benzene rings is 3. The van der Waals surface area contributed by atoms with Gasteiger partial charge in [-0.15, -0.1) is 10.2 Å². The van der Waals surface area contributed by atoms with Gasteiger partial charge in [-0.05, 0) is 42.0 Å². The molecule has 172 valence electrons. The fourth-order valence-corrected chi connectivity index (χ4v) is 4.13. The molecule has 8 heteroatoms. The summed E-state index contributed by atoms with van der Waals surface area (Å²) in [6.07, 6.45) is 0.350. The highest BCUT2D eigenvalue weighted by Gasteiger charge is 2.23. The Kier molecular flexibility index (Phi) is 7.29. The van der Waals surface area contributed by atoms with Crippen LogP contribution in [0.25, 0.3) is 10.6 Å². The zero-order chi connectivity index (χ0) is 23.9. The third-order valence-electron chi connectivity index (χ3n) is 5.23. The second-order valence-corrected chi connectivity index (χ2v) is 8.90. The van der Waals surface area contributed by atoms with Gasteiger partial charge in [0.25, 0.3) is 5.91 Å². The van der Waals surface area contributed by atoms with Gasteiger partial charge in [-0.1, -0.05) is 59.9 Å². The minimum Gasteiger partial charge on any atom is -0.378 e. The first-order valence-electron chi connectivity index (χ1n) is 10.8. The van der Waals surface area contributed by atoms with Crippen LogP contribution in [0.15, 0.2) is 84.9 Å². The fraction of sp³-hybridized carbons (Fsp3) is 0.154. The van der Waals surface area contributed by atoms with Crippen LogP contribution in [0.1, 0.15) is 15.9 Å². The van der Waals surface area contributed by atoms with Crippen molar-refractivity contribution in [3.63, 3.8) is 0 Å². The highest BCUT2D eigenvalue weighted by molar-refractivity contribution is 7.18. The van der Waals surface area contributed by atoms with Gasteiger partial charge in [0.05, 0.1) is 0 Å². The average Bonchev–Trinajstić information content (AvgIpc) is 3.33. The zero-order valence-electron chi connectivity index (χ0n) is 18.9. The lowest BCUT2D eigenvalue weighted by Gasteiger charge is -2.18. The normalized spacial score (nSPS) is 11.5. The minimum atomic E-state index is -0.776. The van der Waals surface area contributed by atoms with Crippen molar-refractivity contribution in [1.82, 2.24) is 15.5 Å². The average molecular weight is 472 g/mol. The second-order valence-electron chi connectivity index (χ2n) is 7.92. The molecule has 3 aromatic carbocycles. The molecule has 2 N–H and O–H groups in total. The molecule has 0 saturated heterocycles. The van der Waals surface area contributed by atoms with Crippen molar-refractivity contribution in [2.24, 2.45) is 0 Å². The number of carbonyl (C=O) groups excluding carboxylic acids is 2. The molecule has 0 bridgehead atoms. The molecule has 0 radical (unpaired) electrons. The highest BCUT2D eigenvalue weighted by atomic mass is 32.1. The van der Waals surface area contributed by atoms with Crippen molar-refractivity contribution in [1.29, 1.82) is 0 Å². The van der Waals surface area contributed by atoms with E-state index in [1.807, 2.05) is 79.7 Å². The third-order valence-corrected chi connectivity index (χ3v) is 6.11. The molecule has 2 amide bonds. The zero-order valence-corrected chi connectivity index (χ0v) is 19.8. The van der Waals surface area contributed by atoms with Gasteiger partial charge in [-0.3, -0.25) is 14.9 Å². The summed E-state index contributed by atoms with van der Waals surface area (Å²) in [5.74, 6) is -0.658. The summed E-state index contributed by atoms with van der Waals surface area (Å²) in [5.41, 5.74) is 3.43. The van der Waals surface area contributed by atoms with E-state index >= 15 is 0 Å². The molecule has 4 rings (SSSR count). The van der Waals surface area contributed by atoms with E-state index in [0.717, 1.165) is 16.8 Å². The number of amides is 2. The van der Waals surface area contributed by atoms with Crippen LogP contribution in [-0.2, 0) is 11.2 Å². The first-order valence-corrected chi connectivity index (χ1v) is 11.6. The lowest BCUT2D eigenvalue weighted by Crippen LogP contribution is -2.45. The Balaban J connectivity index is 1.49. The van der Waals surface area contributed by atoms with Gasteiger partial charge >= 0.3 is 0 Å². The predicted octanol–water partition coefficient (Wildman–Crippen LogP) is 4.25. The summed E-state index contributed by atoms with van der Waals surface area (Å²) >= 11 is 1.29. The Morgan fingerprint density at radius 3 is 2.18 bits per heavy atom. The fourth-order valence-electron chi connectivity index (χ4n) is 3.38. The highest BCUT2D eigenvalue weighted by Crippen LogP contribution is 2.28. The molecule has 0 aliphatic carbocycles. The molecular weight excluding hydrogens is 446 g/mol. The van der Waals surface area contributed by atoms with E-state index in [2.05, 4.69) is 20.8 Å². The number of rotatable bonds is 8. The quantitative estimate of drug-likeness (QED) is 0.401. The third kappa shape index (κ3) is 5.85. The van der Waals surface area contributed by atoms with Gasteiger partial charge in [0.15, 0.2) is 0 Å². The van der Waals surface area contributed by atoms with Gasteiger partial charge in [0, 0.05) is 37.3 Å². The molecule has 34 heavy (non-hydrogen) atoms. The van der Waals surface area contributed by atoms with Crippen LogP contribution in [0.5, 0.6) is 0 Å². The van der Waals surface area contributed by atoms with E-state index in [1.165, 1.54) is 11.3 Å². The van der Waals surface area contributed by atoms with Crippen molar-refractivity contribution in [3.8, 4) is 10.6 Å². The Bertz CT molecular complexity index is 1240. The largest absolute Gasteiger partial charge is 0.378 e. The number of carbonyl (C=O) groups is 2. The molecule has 1 aromatic heterocycles. The predicted molar refractivity (Wildman–Crippen MR) is 136 cm³/mol. The van der Waals surface area contributed by atoms with Crippen LogP contribution in [0.3, 0.4) is 0 Å².